The zero-order valence-electron chi connectivity index (χ0n) is 17.3. The van der Waals surface area contributed by atoms with Crippen molar-refractivity contribution < 1.29 is 18.9 Å². The van der Waals surface area contributed by atoms with Crippen molar-refractivity contribution in [2.75, 3.05) is 26.4 Å². The van der Waals surface area contributed by atoms with E-state index in [0.29, 0.717) is 13.2 Å². The van der Waals surface area contributed by atoms with Crippen LogP contribution in [0.2, 0.25) is 0 Å². The molecule has 0 bridgehead atoms. The molecule has 4 heteroatoms. The first-order chi connectivity index (χ1) is 15.3. The number of epoxide rings is 2. The van der Waals surface area contributed by atoms with Gasteiger partial charge in [0.25, 0.3) is 0 Å². The maximum atomic E-state index is 6.22. The van der Waals surface area contributed by atoms with Gasteiger partial charge in [-0.1, -0.05) is 60.7 Å². The van der Waals surface area contributed by atoms with E-state index in [4.69, 9.17) is 18.9 Å². The molecule has 2 atom stereocenters. The molecular weight excluding hydrogens is 388 g/mol. The van der Waals surface area contributed by atoms with Gasteiger partial charge in [0, 0.05) is 17.5 Å². The normalized spacial score (nSPS) is 19.5. The summed E-state index contributed by atoms with van der Waals surface area (Å²) in [6, 6.07) is 25.4. The molecule has 0 aliphatic carbocycles. The molecule has 0 amide bonds. The van der Waals surface area contributed by atoms with Gasteiger partial charge in [0.2, 0.25) is 0 Å². The molecule has 4 aromatic rings. The van der Waals surface area contributed by atoms with Crippen LogP contribution in [-0.2, 0) is 15.9 Å². The summed E-state index contributed by atoms with van der Waals surface area (Å²) in [7, 11) is 0. The predicted molar refractivity (Wildman–Crippen MR) is 121 cm³/mol. The molecule has 0 N–H and O–H groups in total. The Morgan fingerprint density at radius 3 is 1.52 bits per heavy atom. The minimum Gasteiger partial charge on any atom is -0.490 e. The molecule has 0 spiro atoms. The van der Waals surface area contributed by atoms with E-state index in [-0.39, 0.29) is 12.2 Å². The van der Waals surface area contributed by atoms with E-state index < -0.39 is 0 Å². The third-order valence-corrected chi connectivity index (χ3v) is 6.00. The second-order valence-electron chi connectivity index (χ2n) is 8.24. The summed E-state index contributed by atoms with van der Waals surface area (Å²) in [6.45, 7) is 2.74. The van der Waals surface area contributed by atoms with Crippen LogP contribution in [0.1, 0.15) is 11.1 Å². The van der Waals surface area contributed by atoms with E-state index in [1.54, 1.807) is 0 Å². The Kier molecular flexibility index (Phi) is 4.74. The lowest BCUT2D eigenvalue weighted by atomic mass is 9.93. The van der Waals surface area contributed by atoms with Crippen molar-refractivity contribution >= 4 is 21.5 Å². The third-order valence-electron chi connectivity index (χ3n) is 6.00. The van der Waals surface area contributed by atoms with Crippen molar-refractivity contribution in [3.8, 4) is 11.5 Å². The van der Waals surface area contributed by atoms with Gasteiger partial charge < -0.3 is 18.9 Å². The number of ether oxygens (including phenoxy) is 4. The Hall–Kier alpha value is -3.08. The Balaban J connectivity index is 1.46. The fourth-order valence-electron chi connectivity index (χ4n) is 4.14. The molecule has 2 fully saturated rings. The summed E-state index contributed by atoms with van der Waals surface area (Å²) in [5, 5.41) is 4.84. The van der Waals surface area contributed by atoms with Crippen LogP contribution in [0.5, 0.6) is 11.5 Å². The smallest absolute Gasteiger partial charge is 0.123 e. The fourth-order valence-corrected chi connectivity index (χ4v) is 4.14. The van der Waals surface area contributed by atoms with Crippen LogP contribution in [0, 0.1) is 0 Å². The van der Waals surface area contributed by atoms with Crippen LogP contribution < -0.4 is 9.47 Å². The lowest BCUT2D eigenvalue weighted by Crippen LogP contribution is -2.08. The maximum absolute atomic E-state index is 6.22. The topological polar surface area (TPSA) is 43.5 Å². The Labute approximate surface area is 181 Å². The summed E-state index contributed by atoms with van der Waals surface area (Å²) in [5.74, 6) is 1.83. The quantitative estimate of drug-likeness (QED) is 0.376. The van der Waals surface area contributed by atoms with Crippen LogP contribution in [0.15, 0.2) is 72.8 Å². The Bertz CT molecular complexity index is 1140. The first kappa shape index (κ1) is 18.7. The van der Waals surface area contributed by atoms with Gasteiger partial charge in [0.05, 0.1) is 13.2 Å². The van der Waals surface area contributed by atoms with Crippen molar-refractivity contribution in [2.45, 2.75) is 18.6 Å². The molecular formula is C27H24O4. The highest BCUT2D eigenvalue weighted by molar-refractivity contribution is 5.91. The summed E-state index contributed by atoms with van der Waals surface area (Å²) >= 11 is 0. The van der Waals surface area contributed by atoms with E-state index >= 15 is 0 Å². The molecule has 6 rings (SSSR count). The predicted octanol–water partition coefficient (Wildman–Crippen LogP) is 5.14. The highest BCUT2D eigenvalue weighted by Gasteiger charge is 2.25. The highest BCUT2D eigenvalue weighted by Crippen LogP contribution is 2.36. The molecule has 2 heterocycles. The summed E-state index contributed by atoms with van der Waals surface area (Å²) < 4.78 is 23.1. The van der Waals surface area contributed by atoms with E-state index in [1.165, 1.54) is 32.7 Å². The van der Waals surface area contributed by atoms with Crippen molar-refractivity contribution in [2.24, 2.45) is 0 Å². The van der Waals surface area contributed by atoms with E-state index in [0.717, 1.165) is 31.1 Å². The molecule has 4 aromatic carbocycles. The lowest BCUT2D eigenvalue weighted by Gasteiger charge is -2.18. The van der Waals surface area contributed by atoms with Gasteiger partial charge in [0.15, 0.2) is 0 Å². The Morgan fingerprint density at radius 2 is 1.06 bits per heavy atom. The average Bonchev–Trinajstić information content (AvgIpc) is 3.73. The highest BCUT2D eigenvalue weighted by atomic mass is 16.6. The van der Waals surface area contributed by atoms with Crippen LogP contribution in [-0.4, -0.2) is 38.6 Å². The molecule has 2 saturated heterocycles. The largest absolute Gasteiger partial charge is 0.490 e. The standard InChI is InChI=1S/C27H24O4/c1-3-7-22-18(5-1)9-11-26(30-16-20-14-28-20)24(22)13-25-23-8-4-2-6-19(23)10-12-27(25)31-17-21-15-29-21/h1-12,20-21H,13-17H2/t20-,21+. The molecule has 2 aliphatic rings. The number of hydrogen-bond donors (Lipinski definition) is 0. The number of benzene rings is 4. The second-order valence-corrected chi connectivity index (χ2v) is 8.24. The molecule has 156 valence electrons. The number of rotatable bonds is 8. The second kappa shape index (κ2) is 7.88. The van der Waals surface area contributed by atoms with Gasteiger partial charge in [-0.25, -0.2) is 0 Å². The molecule has 0 unspecified atom stereocenters. The first-order valence-corrected chi connectivity index (χ1v) is 10.9. The SMILES string of the molecule is c1ccc2c(Cc3c(OC[C@H]4CO4)ccc4ccccc34)c(OC[C@@H]3CO3)ccc2c1. The van der Waals surface area contributed by atoms with Gasteiger partial charge in [-0.2, -0.15) is 0 Å². The van der Waals surface area contributed by atoms with Gasteiger partial charge >= 0.3 is 0 Å². The van der Waals surface area contributed by atoms with Crippen molar-refractivity contribution in [3.05, 3.63) is 83.9 Å². The molecule has 2 aliphatic heterocycles. The van der Waals surface area contributed by atoms with Gasteiger partial charge in [0.1, 0.15) is 36.9 Å². The Morgan fingerprint density at radius 1 is 0.613 bits per heavy atom. The van der Waals surface area contributed by atoms with Crippen LogP contribution in [0.25, 0.3) is 21.5 Å². The van der Waals surface area contributed by atoms with E-state index in [9.17, 15) is 0 Å². The zero-order chi connectivity index (χ0) is 20.6. The van der Waals surface area contributed by atoms with Crippen LogP contribution in [0.4, 0.5) is 0 Å². The monoisotopic (exact) mass is 412 g/mol. The van der Waals surface area contributed by atoms with Crippen molar-refractivity contribution in [3.63, 3.8) is 0 Å². The summed E-state index contributed by atoms with van der Waals surface area (Å²) in [5.41, 5.74) is 2.37. The van der Waals surface area contributed by atoms with Gasteiger partial charge in [-0.05, 0) is 33.7 Å². The maximum Gasteiger partial charge on any atom is 0.123 e. The van der Waals surface area contributed by atoms with Crippen molar-refractivity contribution in [1.82, 2.24) is 0 Å². The molecule has 0 radical (unpaired) electrons. The van der Waals surface area contributed by atoms with Crippen LogP contribution >= 0.6 is 0 Å². The number of fused-ring (bicyclic) bond motifs is 2. The summed E-state index contributed by atoms with van der Waals surface area (Å²) in [4.78, 5) is 0. The molecule has 0 aromatic heterocycles. The molecule has 31 heavy (non-hydrogen) atoms. The zero-order valence-corrected chi connectivity index (χ0v) is 17.3. The average molecular weight is 412 g/mol. The third kappa shape index (κ3) is 3.97. The minimum atomic E-state index is 0.217. The van der Waals surface area contributed by atoms with Crippen LogP contribution in [0.3, 0.4) is 0 Å². The fraction of sp³-hybridized carbons (Fsp3) is 0.259. The van der Waals surface area contributed by atoms with E-state index in [2.05, 4.69) is 72.8 Å². The van der Waals surface area contributed by atoms with E-state index in [1.807, 2.05) is 0 Å². The van der Waals surface area contributed by atoms with Crippen molar-refractivity contribution in [1.29, 1.82) is 0 Å². The first-order valence-electron chi connectivity index (χ1n) is 10.9. The number of hydrogen-bond acceptors (Lipinski definition) is 4. The van der Waals surface area contributed by atoms with Gasteiger partial charge in [-0.15, -0.1) is 0 Å². The molecule has 4 nitrogen and oxygen atoms in total. The molecule has 0 saturated carbocycles. The minimum absolute atomic E-state index is 0.217. The lowest BCUT2D eigenvalue weighted by molar-refractivity contribution is 0.259. The summed E-state index contributed by atoms with van der Waals surface area (Å²) in [6.07, 6.45) is 1.16. The van der Waals surface area contributed by atoms with Gasteiger partial charge in [-0.3, -0.25) is 0 Å².